The topological polar surface area (TPSA) is 45.6 Å². The molecular formula is C10H12N2O2S. The van der Waals surface area contributed by atoms with Crippen LogP contribution in [-0.2, 0) is 0 Å². The van der Waals surface area contributed by atoms with Gasteiger partial charge in [0, 0.05) is 24.3 Å². The highest BCUT2D eigenvalue weighted by Gasteiger charge is 2.33. The van der Waals surface area contributed by atoms with Gasteiger partial charge in [0.25, 0.3) is 0 Å². The van der Waals surface area contributed by atoms with Gasteiger partial charge in [-0.1, -0.05) is 0 Å². The molecule has 80 valence electrons. The van der Waals surface area contributed by atoms with Crippen molar-refractivity contribution in [2.45, 2.75) is 23.8 Å². The van der Waals surface area contributed by atoms with Gasteiger partial charge in [0.2, 0.25) is 5.88 Å². The van der Waals surface area contributed by atoms with Gasteiger partial charge in [-0.15, -0.1) is 0 Å². The van der Waals surface area contributed by atoms with Gasteiger partial charge < -0.3 is 14.2 Å². The second kappa shape index (κ2) is 3.57. The van der Waals surface area contributed by atoms with Crippen molar-refractivity contribution >= 4 is 17.7 Å². The molecule has 0 aromatic carbocycles. The highest BCUT2D eigenvalue weighted by Crippen LogP contribution is 2.39. The van der Waals surface area contributed by atoms with Gasteiger partial charge >= 0.3 is 0 Å². The molecule has 1 aromatic heterocycles. The molecule has 0 atom stereocenters. The number of fused-ring (bicyclic) bond motifs is 1. The summed E-state index contributed by atoms with van der Waals surface area (Å²) in [4.78, 5) is 7.31. The van der Waals surface area contributed by atoms with Gasteiger partial charge in [-0.2, -0.15) is 0 Å². The summed E-state index contributed by atoms with van der Waals surface area (Å²) in [6.45, 7) is 1.64. The minimum absolute atomic E-state index is 0.661. The molecule has 0 amide bonds. The number of pyridine rings is 1. The van der Waals surface area contributed by atoms with Crippen LogP contribution in [0.5, 0.6) is 5.88 Å². The fourth-order valence-electron chi connectivity index (χ4n) is 1.92. The van der Waals surface area contributed by atoms with Crippen LogP contribution < -0.4 is 9.64 Å². The Kier molecular flexibility index (Phi) is 2.21. The van der Waals surface area contributed by atoms with Crippen LogP contribution in [0.3, 0.4) is 0 Å². The SMILES string of the molecule is OSc1cnc2c(c1)N(C1CC1)CCO2. The van der Waals surface area contributed by atoms with Crippen molar-refractivity contribution in [3.8, 4) is 5.88 Å². The van der Waals surface area contributed by atoms with Crippen molar-refractivity contribution in [2.24, 2.45) is 0 Å². The average molecular weight is 224 g/mol. The Morgan fingerprint density at radius 1 is 1.53 bits per heavy atom. The molecule has 0 unspecified atom stereocenters. The van der Waals surface area contributed by atoms with Gasteiger partial charge in [0.15, 0.2) is 0 Å². The molecule has 1 fully saturated rings. The molecule has 1 aliphatic carbocycles. The van der Waals surface area contributed by atoms with E-state index < -0.39 is 0 Å². The van der Waals surface area contributed by atoms with Crippen LogP contribution in [0.2, 0.25) is 0 Å². The Bertz CT molecular complexity index is 382. The summed E-state index contributed by atoms with van der Waals surface area (Å²) in [6, 6.07) is 2.61. The standard InChI is InChI=1S/C10H12N2O2S/c13-15-8-5-9-10(11-6-8)14-4-3-12(9)7-1-2-7/h5-7,13H,1-4H2. The zero-order chi connectivity index (χ0) is 10.3. The average Bonchev–Trinajstić information content (AvgIpc) is 3.11. The van der Waals surface area contributed by atoms with Gasteiger partial charge in [0.05, 0.1) is 11.4 Å². The molecule has 1 aliphatic heterocycles. The van der Waals surface area contributed by atoms with Gasteiger partial charge in [-0.25, -0.2) is 4.98 Å². The third kappa shape index (κ3) is 1.66. The van der Waals surface area contributed by atoms with Gasteiger partial charge in [-0.05, 0) is 18.9 Å². The van der Waals surface area contributed by atoms with E-state index >= 15 is 0 Å². The molecule has 0 radical (unpaired) electrons. The Balaban J connectivity index is 1.99. The molecule has 1 N–H and O–H groups in total. The molecule has 1 saturated carbocycles. The summed E-state index contributed by atoms with van der Waals surface area (Å²) in [7, 11) is 0. The first-order valence-electron chi connectivity index (χ1n) is 5.09. The molecule has 15 heavy (non-hydrogen) atoms. The van der Waals surface area contributed by atoms with Crippen LogP contribution in [0.25, 0.3) is 0 Å². The van der Waals surface area contributed by atoms with E-state index in [4.69, 9.17) is 9.29 Å². The van der Waals surface area contributed by atoms with Crippen molar-refractivity contribution in [2.75, 3.05) is 18.1 Å². The lowest BCUT2D eigenvalue weighted by molar-refractivity contribution is 0.294. The highest BCUT2D eigenvalue weighted by atomic mass is 32.2. The van der Waals surface area contributed by atoms with Gasteiger partial charge in [-0.3, -0.25) is 0 Å². The third-order valence-electron chi connectivity index (χ3n) is 2.78. The number of hydrogen-bond acceptors (Lipinski definition) is 5. The number of nitrogens with zero attached hydrogens (tertiary/aromatic N) is 2. The lowest BCUT2D eigenvalue weighted by atomic mass is 10.3. The summed E-state index contributed by atoms with van der Waals surface area (Å²) in [5.74, 6) is 0.700. The number of hydrogen-bond donors (Lipinski definition) is 1. The first-order valence-corrected chi connectivity index (χ1v) is 5.87. The van der Waals surface area contributed by atoms with Gasteiger partial charge in [0.1, 0.15) is 12.3 Å². The van der Waals surface area contributed by atoms with E-state index in [2.05, 4.69) is 9.88 Å². The maximum Gasteiger partial charge on any atom is 0.237 e. The summed E-state index contributed by atoms with van der Waals surface area (Å²) in [5, 5.41) is 0. The number of anilines is 1. The summed E-state index contributed by atoms with van der Waals surface area (Å²) in [5.41, 5.74) is 1.03. The Hall–Kier alpha value is -0.940. The Labute approximate surface area is 92.5 Å². The molecule has 3 rings (SSSR count). The van der Waals surface area contributed by atoms with Crippen LogP contribution >= 0.6 is 12.0 Å². The van der Waals surface area contributed by atoms with Crippen LogP contribution in [0.4, 0.5) is 5.69 Å². The van der Waals surface area contributed by atoms with Crippen LogP contribution in [0, 0.1) is 0 Å². The van der Waals surface area contributed by atoms with E-state index in [1.807, 2.05) is 6.07 Å². The molecule has 2 heterocycles. The maximum atomic E-state index is 9.00. The molecule has 1 aromatic rings. The van der Waals surface area contributed by atoms with E-state index in [9.17, 15) is 0 Å². The molecular weight excluding hydrogens is 212 g/mol. The molecule has 0 spiro atoms. The fraction of sp³-hybridized carbons (Fsp3) is 0.500. The molecule has 0 bridgehead atoms. The number of ether oxygens (including phenoxy) is 1. The summed E-state index contributed by atoms with van der Waals surface area (Å²) >= 11 is 0.731. The smallest absolute Gasteiger partial charge is 0.237 e. The molecule has 4 nitrogen and oxygen atoms in total. The summed E-state index contributed by atoms with van der Waals surface area (Å²) < 4.78 is 14.5. The summed E-state index contributed by atoms with van der Waals surface area (Å²) in [6.07, 6.45) is 4.16. The van der Waals surface area contributed by atoms with E-state index in [1.54, 1.807) is 6.20 Å². The number of aromatic nitrogens is 1. The molecule has 2 aliphatic rings. The monoisotopic (exact) mass is 224 g/mol. The van der Waals surface area contributed by atoms with E-state index in [1.165, 1.54) is 12.8 Å². The minimum Gasteiger partial charge on any atom is -0.474 e. The zero-order valence-electron chi connectivity index (χ0n) is 8.22. The van der Waals surface area contributed by atoms with E-state index in [0.717, 1.165) is 29.2 Å². The van der Waals surface area contributed by atoms with E-state index in [0.29, 0.717) is 18.5 Å². The normalized spacial score (nSPS) is 19.7. The minimum atomic E-state index is 0.661. The van der Waals surface area contributed by atoms with Crippen molar-refractivity contribution in [1.82, 2.24) is 4.98 Å². The third-order valence-corrected chi connectivity index (χ3v) is 3.21. The van der Waals surface area contributed by atoms with E-state index in [-0.39, 0.29) is 0 Å². The quantitative estimate of drug-likeness (QED) is 0.778. The maximum absolute atomic E-state index is 9.00. The lowest BCUT2D eigenvalue weighted by Gasteiger charge is -2.30. The fourth-order valence-corrected chi connectivity index (χ4v) is 2.18. The first kappa shape index (κ1) is 9.30. The predicted octanol–water partition coefficient (Wildman–Crippen LogP) is 2.01. The van der Waals surface area contributed by atoms with Crippen LogP contribution in [0.1, 0.15) is 12.8 Å². The Morgan fingerprint density at radius 3 is 3.13 bits per heavy atom. The lowest BCUT2D eigenvalue weighted by Crippen LogP contribution is -2.34. The van der Waals surface area contributed by atoms with Crippen molar-refractivity contribution in [3.05, 3.63) is 12.3 Å². The van der Waals surface area contributed by atoms with Crippen molar-refractivity contribution < 1.29 is 9.29 Å². The second-order valence-corrected chi connectivity index (χ2v) is 4.51. The van der Waals surface area contributed by atoms with Crippen LogP contribution in [-0.4, -0.2) is 28.7 Å². The van der Waals surface area contributed by atoms with Crippen molar-refractivity contribution in [3.63, 3.8) is 0 Å². The predicted molar refractivity (Wildman–Crippen MR) is 58.6 cm³/mol. The van der Waals surface area contributed by atoms with Crippen LogP contribution in [0.15, 0.2) is 17.2 Å². The highest BCUT2D eigenvalue weighted by molar-refractivity contribution is 7.93. The molecule has 0 saturated heterocycles. The second-order valence-electron chi connectivity index (χ2n) is 3.86. The largest absolute Gasteiger partial charge is 0.474 e. The zero-order valence-corrected chi connectivity index (χ0v) is 9.04. The number of rotatable bonds is 2. The Morgan fingerprint density at radius 2 is 2.40 bits per heavy atom. The van der Waals surface area contributed by atoms with Crippen molar-refractivity contribution in [1.29, 1.82) is 0 Å². The molecule has 5 heteroatoms. The first-order chi connectivity index (χ1) is 7.38.